The van der Waals surface area contributed by atoms with Crippen LogP contribution >= 0.6 is 0 Å². The third-order valence-electron chi connectivity index (χ3n) is 4.55. The summed E-state index contributed by atoms with van der Waals surface area (Å²) in [7, 11) is 0. The summed E-state index contributed by atoms with van der Waals surface area (Å²) in [4.78, 5) is 29.3. The highest BCUT2D eigenvalue weighted by molar-refractivity contribution is 6.20. The molecular weight excluding hydrogens is 278 g/mol. The van der Waals surface area contributed by atoms with E-state index in [1.807, 2.05) is 51.1 Å². The second-order valence-electron chi connectivity index (χ2n) is 5.69. The van der Waals surface area contributed by atoms with Gasteiger partial charge < -0.3 is 0 Å². The normalized spacial score (nSPS) is 22.8. The van der Waals surface area contributed by atoms with Gasteiger partial charge in [-0.2, -0.15) is 0 Å². The van der Waals surface area contributed by atoms with Crippen LogP contribution in [-0.4, -0.2) is 17.8 Å². The molecule has 1 atom stereocenters. The summed E-state index contributed by atoms with van der Waals surface area (Å²) in [5, 5.41) is 5.51. The van der Waals surface area contributed by atoms with Crippen molar-refractivity contribution in [1.82, 2.24) is 10.6 Å². The number of aliphatic imine (C=N–C) groups is 1. The zero-order valence-electron chi connectivity index (χ0n) is 13.3. The number of hydrogen-bond acceptors (Lipinski definition) is 3. The van der Waals surface area contributed by atoms with Crippen LogP contribution in [0.1, 0.15) is 39.2 Å². The van der Waals surface area contributed by atoms with Crippen molar-refractivity contribution >= 4 is 17.8 Å². The lowest BCUT2D eigenvalue weighted by atomic mass is 9.70. The summed E-state index contributed by atoms with van der Waals surface area (Å²) >= 11 is 0. The van der Waals surface area contributed by atoms with Gasteiger partial charge in [0.15, 0.2) is 0 Å². The van der Waals surface area contributed by atoms with Crippen LogP contribution in [0.15, 0.2) is 35.3 Å². The van der Waals surface area contributed by atoms with E-state index in [0.717, 1.165) is 12.0 Å². The molecule has 1 saturated heterocycles. The first kappa shape index (κ1) is 16.2. The minimum atomic E-state index is -0.999. The van der Waals surface area contributed by atoms with Crippen molar-refractivity contribution in [2.45, 2.75) is 40.2 Å². The van der Waals surface area contributed by atoms with Crippen molar-refractivity contribution in [3.05, 3.63) is 35.9 Å². The fourth-order valence-corrected chi connectivity index (χ4v) is 2.87. The zero-order chi connectivity index (χ0) is 16.2. The maximum atomic E-state index is 12.5. The van der Waals surface area contributed by atoms with Gasteiger partial charge in [0.05, 0.1) is 6.54 Å². The van der Waals surface area contributed by atoms with Crippen LogP contribution < -0.4 is 10.6 Å². The Balaban J connectivity index is 2.16. The molecule has 1 aromatic carbocycles. The van der Waals surface area contributed by atoms with Crippen molar-refractivity contribution in [2.24, 2.45) is 16.3 Å². The summed E-state index contributed by atoms with van der Waals surface area (Å²) in [6, 6.07) is 9.69. The molecule has 0 unspecified atom stereocenters. The van der Waals surface area contributed by atoms with Crippen LogP contribution in [0.2, 0.25) is 0 Å². The Labute approximate surface area is 131 Å². The average molecular weight is 301 g/mol. The fraction of sp³-hybridized carbons (Fsp3) is 0.471. The van der Waals surface area contributed by atoms with E-state index in [2.05, 4.69) is 15.6 Å². The van der Waals surface area contributed by atoms with E-state index in [0.29, 0.717) is 13.0 Å². The van der Waals surface area contributed by atoms with Crippen LogP contribution in [0.4, 0.5) is 0 Å². The summed E-state index contributed by atoms with van der Waals surface area (Å²) in [6.07, 6.45) is 1.25. The smallest absolute Gasteiger partial charge is 0.242 e. The molecule has 1 aromatic rings. The molecule has 0 spiro atoms. The van der Waals surface area contributed by atoms with Gasteiger partial charge >= 0.3 is 0 Å². The highest BCUT2D eigenvalue weighted by Gasteiger charge is 2.51. The van der Waals surface area contributed by atoms with E-state index >= 15 is 0 Å². The molecule has 0 saturated carbocycles. The number of carbonyl (C=O) groups is 2. The fourth-order valence-electron chi connectivity index (χ4n) is 2.87. The minimum absolute atomic E-state index is 0.0202. The van der Waals surface area contributed by atoms with E-state index in [1.165, 1.54) is 0 Å². The second-order valence-corrected chi connectivity index (χ2v) is 5.69. The zero-order valence-corrected chi connectivity index (χ0v) is 13.3. The molecule has 0 bridgehead atoms. The number of benzene rings is 1. The van der Waals surface area contributed by atoms with Crippen molar-refractivity contribution in [1.29, 1.82) is 0 Å². The predicted octanol–water partition coefficient (Wildman–Crippen LogP) is 2.23. The second kappa shape index (κ2) is 6.73. The average Bonchev–Trinajstić information content (AvgIpc) is 2.54. The molecule has 5 nitrogen and oxygen atoms in total. The van der Waals surface area contributed by atoms with Gasteiger partial charge in [-0.15, -0.1) is 0 Å². The molecule has 2 N–H and O–H groups in total. The molecule has 118 valence electrons. The summed E-state index contributed by atoms with van der Waals surface area (Å²) in [5.41, 5.74) is 0.0216. The highest BCUT2D eigenvalue weighted by atomic mass is 16.2. The Kier molecular flexibility index (Phi) is 4.96. The third-order valence-corrected chi connectivity index (χ3v) is 4.55. The van der Waals surface area contributed by atoms with Crippen LogP contribution in [0, 0.1) is 11.3 Å². The van der Waals surface area contributed by atoms with Gasteiger partial charge in [-0.25, -0.2) is 4.99 Å². The van der Waals surface area contributed by atoms with E-state index < -0.39 is 5.41 Å². The van der Waals surface area contributed by atoms with Gasteiger partial charge in [-0.3, -0.25) is 20.2 Å². The molecule has 5 heteroatoms. The van der Waals surface area contributed by atoms with Gasteiger partial charge in [0.1, 0.15) is 5.41 Å². The summed E-state index contributed by atoms with van der Waals surface area (Å²) in [5.74, 6) is -0.278. The first-order chi connectivity index (χ1) is 10.5. The quantitative estimate of drug-likeness (QED) is 0.819. The molecule has 1 heterocycles. The monoisotopic (exact) mass is 301 g/mol. The number of rotatable bonds is 5. The predicted molar refractivity (Wildman–Crippen MR) is 86.0 cm³/mol. The lowest BCUT2D eigenvalue weighted by molar-refractivity contribution is -0.147. The van der Waals surface area contributed by atoms with Crippen molar-refractivity contribution in [3.8, 4) is 0 Å². The molecular formula is C17H23N3O2. The Morgan fingerprint density at radius 2 is 1.68 bits per heavy atom. The van der Waals surface area contributed by atoms with Crippen molar-refractivity contribution in [3.63, 3.8) is 0 Å². The first-order valence-corrected chi connectivity index (χ1v) is 7.75. The van der Waals surface area contributed by atoms with Gasteiger partial charge in [-0.05, 0) is 17.9 Å². The molecule has 2 amide bonds. The molecule has 0 radical (unpaired) electrons. The maximum Gasteiger partial charge on any atom is 0.242 e. The number of nitrogens with one attached hydrogen (secondary N) is 2. The van der Waals surface area contributed by atoms with Crippen molar-refractivity contribution in [2.75, 3.05) is 0 Å². The number of nitrogens with zero attached hydrogens (tertiary/aromatic N) is 1. The standard InChI is InChI=1S/C17H23N3O2/c1-4-12(3)17(5-2)14(21)19-16(20-15(17)22)18-11-13-9-7-6-8-10-13/h6-10,12H,4-5,11H2,1-3H3,(H2,18,19,20,21,22)/t12-/m0/s1. The van der Waals surface area contributed by atoms with Crippen LogP contribution in [0.5, 0.6) is 0 Å². The molecule has 1 fully saturated rings. The Bertz CT molecular complexity index is 561. The SMILES string of the molecule is CC[C@H](C)C1(CC)C(=O)NC(=NCc2ccccc2)NC1=O. The Morgan fingerprint density at radius 1 is 1.09 bits per heavy atom. The lowest BCUT2D eigenvalue weighted by Gasteiger charge is -2.38. The van der Waals surface area contributed by atoms with Crippen LogP contribution in [0.25, 0.3) is 0 Å². The first-order valence-electron chi connectivity index (χ1n) is 7.75. The number of carbonyl (C=O) groups excluding carboxylic acids is 2. The van der Waals surface area contributed by atoms with E-state index in [1.54, 1.807) is 0 Å². The van der Waals surface area contributed by atoms with E-state index in [-0.39, 0.29) is 23.7 Å². The van der Waals surface area contributed by atoms with Gasteiger partial charge in [-0.1, -0.05) is 57.5 Å². The highest BCUT2D eigenvalue weighted by Crippen LogP contribution is 2.35. The molecule has 22 heavy (non-hydrogen) atoms. The molecule has 0 aromatic heterocycles. The molecule has 1 aliphatic heterocycles. The molecule has 0 aliphatic carbocycles. The van der Waals surface area contributed by atoms with Gasteiger partial charge in [0.2, 0.25) is 17.8 Å². The van der Waals surface area contributed by atoms with E-state index in [4.69, 9.17) is 0 Å². The van der Waals surface area contributed by atoms with Gasteiger partial charge in [0.25, 0.3) is 0 Å². The van der Waals surface area contributed by atoms with Crippen LogP contribution in [-0.2, 0) is 16.1 Å². The molecule has 1 aliphatic rings. The van der Waals surface area contributed by atoms with Crippen molar-refractivity contribution < 1.29 is 9.59 Å². The third kappa shape index (κ3) is 2.89. The van der Waals surface area contributed by atoms with Crippen LogP contribution in [0.3, 0.4) is 0 Å². The largest absolute Gasteiger partial charge is 0.295 e. The number of amides is 2. The topological polar surface area (TPSA) is 70.6 Å². The minimum Gasteiger partial charge on any atom is -0.295 e. The maximum absolute atomic E-state index is 12.5. The Morgan fingerprint density at radius 3 is 2.18 bits per heavy atom. The number of guanidine groups is 1. The number of hydrogen-bond donors (Lipinski definition) is 2. The van der Waals surface area contributed by atoms with Gasteiger partial charge in [0, 0.05) is 0 Å². The summed E-state index contributed by atoms with van der Waals surface area (Å²) in [6.45, 7) is 6.22. The van der Waals surface area contributed by atoms with E-state index in [9.17, 15) is 9.59 Å². The molecule has 2 rings (SSSR count). The lowest BCUT2D eigenvalue weighted by Crippen LogP contribution is -2.64. The summed E-state index contributed by atoms with van der Waals surface area (Å²) < 4.78 is 0. The Hall–Kier alpha value is -2.17.